The van der Waals surface area contributed by atoms with Crippen molar-refractivity contribution < 1.29 is 14.6 Å². The zero-order valence-corrected chi connectivity index (χ0v) is 12.1. The molecule has 1 rings (SSSR count). The lowest BCUT2D eigenvalue weighted by molar-refractivity contribution is -0.149. The van der Waals surface area contributed by atoms with Crippen molar-refractivity contribution in [2.75, 3.05) is 13.2 Å². The van der Waals surface area contributed by atoms with Gasteiger partial charge in [-0.05, 0) is 45.0 Å². The smallest absolute Gasteiger partial charge is 0.323 e. The normalized spacial score (nSPS) is 11.6. The third-order valence-corrected chi connectivity index (χ3v) is 3.30. The van der Waals surface area contributed by atoms with Gasteiger partial charge in [-0.15, -0.1) is 0 Å². The molecule has 0 fully saturated rings. The van der Waals surface area contributed by atoms with E-state index in [0.29, 0.717) is 19.7 Å². The van der Waals surface area contributed by atoms with Crippen molar-refractivity contribution in [2.45, 2.75) is 39.8 Å². The average molecular weight is 265 g/mol. The number of aliphatic carboxylic acids is 1. The third-order valence-electron chi connectivity index (χ3n) is 3.30. The Morgan fingerprint density at radius 2 is 1.84 bits per heavy atom. The lowest BCUT2D eigenvalue weighted by Crippen LogP contribution is -2.49. The van der Waals surface area contributed by atoms with Crippen LogP contribution in [0.1, 0.15) is 33.3 Å². The first kappa shape index (κ1) is 15.5. The summed E-state index contributed by atoms with van der Waals surface area (Å²) in [6.07, 6.45) is 0. The number of carboxylic acid groups (broad SMARTS) is 1. The fraction of sp³-hybridized carbons (Fsp3) is 0.533. The Balaban J connectivity index is 2.78. The quantitative estimate of drug-likeness (QED) is 0.823. The van der Waals surface area contributed by atoms with E-state index in [1.165, 1.54) is 0 Å². The molecule has 0 saturated heterocycles. The van der Waals surface area contributed by atoms with E-state index >= 15 is 0 Å². The van der Waals surface area contributed by atoms with Crippen molar-refractivity contribution in [1.29, 1.82) is 0 Å². The highest BCUT2D eigenvalue weighted by Gasteiger charge is 2.33. The Hall–Kier alpha value is -1.55. The van der Waals surface area contributed by atoms with E-state index in [1.54, 1.807) is 13.8 Å². The number of carbonyl (C=O) groups is 1. The molecule has 106 valence electrons. The second-order valence-corrected chi connectivity index (χ2v) is 4.96. The maximum atomic E-state index is 11.3. The Kier molecular flexibility index (Phi) is 5.36. The average Bonchev–Trinajstić information content (AvgIpc) is 2.37. The van der Waals surface area contributed by atoms with Gasteiger partial charge in [-0.1, -0.05) is 19.1 Å². The minimum atomic E-state index is -0.868. The molecule has 0 aliphatic heterocycles. The van der Waals surface area contributed by atoms with Gasteiger partial charge in [0.15, 0.2) is 0 Å². The Morgan fingerprint density at radius 3 is 2.26 bits per heavy atom. The summed E-state index contributed by atoms with van der Waals surface area (Å²) in [6, 6.07) is 7.79. The van der Waals surface area contributed by atoms with Crippen LogP contribution in [0.2, 0.25) is 0 Å². The highest BCUT2D eigenvalue weighted by atomic mass is 16.5. The fourth-order valence-electron chi connectivity index (χ4n) is 1.92. The first-order valence-corrected chi connectivity index (χ1v) is 6.62. The van der Waals surface area contributed by atoms with Crippen LogP contribution in [0, 0.1) is 0 Å². The topological polar surface area (TPSA) is 49.8 Å². The zero-order chi connectivity index (χ0) is 14.5. The first-order valence-electron chi connectivity index (χ1n) is 6.62. The first-order chi connectivity index (χ1) is 8.91. The Morgan fingerprint density at radius 1 is 1.26 bits per heavy atom. The van der Waals surface area contributed by atoms with Gasteiger partial charge >= 0.3 is 5.97 Å². The maximum absolute atomic E-state index is 11.3. The predicted octanol–water partition coefficient (Wildman–Crippen LogP) is 2.77. The number of ether oxygens (including phenoxy) is 1. The summed E-state index contributed by atoms with van der Waals surface area (Å²) >= 11 is 0. The second-order valence-electron chi connectivity index (χ2n) is 4.96. The van der Waals surface area contributed by atoms with Gasteiger partial charge < -0.3 is 9.84 Å². The van der Waals surface area contributed by atoms with Gasteiger partial charge in [0.2, 0.25) is 0 Å². The van der Waals surface area contributed by atoms with Crippen molar-refractivity contribution in [3.05, 3.63) is 29.8 Å². The van der Waals surface area contributed by atoms with Crippen LogP contribution < -0.4 is 4.74 Å². The molecule has 4 nitrogen and oxygen atoms in total. The van der Waals surface area contributed by atoms with E-state index in [1.807, 2.05) is 43.0 Å². The lowest BCUT2D eigenvalue weighted by Gasteiger charge is -2.34. The zero-order valence-electron chi connectivity index (χ0n) is 12.1. The number of likely N-dealkylation sites (N-methyl/N-ethyl adjacent to an activating group) is 1. The van der Waals surface area contributed by atoms with Crippen molar-refractivity contribution in [3.8, 4) is 5.75 Å². The van der Waals surface area contributed by atoms with Gasteiger partial charge in [0.05, 0.1) is 6.61 Å². The molecule has 0 aliphatic carbocycles. The van der Waals surface area contributed by atoms with E-state index < -0.39 is 11.5 Å². The molecular weight excluding hydrogens is 242 g/mol. The monoisotopic (exact) mass is 265 g/mol. The molecule has 0 spiro atoms. The SMILES string of the molecule is CCOc1ccc(CN(CC)C(C)(C)C(=O)O)cc1. The Bertz CT molecular complexity index is 412. The van der Waals surface area contributed by atoms with E-state index in [9.17, 15) is 9.90 Å². The number of hydrogen-bond donors (Lipinski definition) is 1. The number of hydrogen-bond acceptors (Lipinski definition) is 3. The summed E-state index contributed by atoms with van der Waals surface area (Å²) in [7, 11) is 0. The number of nitrogens with zero attached hydrogens (tertiary/aromatic N) is 1. The van der Waals surface area contributed by atoms with Crippen molar-refractivity contribution in [1.82, 2.24) is 4.90 Å². The van der Waals surface area contributed by atoms with Gasteiger partial charge in [-0.2, -0.15) is 0 Å². The highest BCUT2D eigenvalue weighted by molar-refractivity contribution is 5.77. The molecule has 0 atom stereocenters. The summed E-state index contributed by atoms with van der Waals surface area (Å²) in [6.45, 7) is 9.32. The third kappa shape index (κ3) is 3.96. The largest absolute Gasteiger partial charge is 0.494 e. The van der Waals surface area contributed by atoms with Crippen LogP contribution in [-0.2, 0) is 11.3 Å². The van der Waals surface area contributed by atoms with Crippen molar-refractivity contribution in [2.24, 2.45) is 0 Å². The molecule has 19 heavy (non-hydrogen) atoms. The number of rotatable bonds is 7. The van der Waals surface area contributed by atoms with Crippen LogP contribution in [0.5, 0.6) is 5.75 Å². The number of benzene rings is 1. The summed E-state index contributed by atoms with van der Waals surface area (Å²) in [5, 5.41) is 9.27. The molecule has 1 aromatic rings. The van der Waals surface area contributed by atoms with E-state index in [-0.39, 0.29) is 0 Å². The molecule has 1 aromatic carbocycles. The molecule has 0 saturated carbocycles. The van der Waals surface area contributed by atoms with Gasteiger partial charge in [0.25, 0.3) is 0 Å². The lowest BCUT2D eigenvalue weighted by atomic mass is 10.0. The van der Waals surface area contributed by atoms with E-state index in [0.717, 1.165) is 11.3 Å². The molecule has 0 aliphatic rings. The summed E-state index contributed by atoms with van der Waals surface area (Å²) in [5.41, 5.74) is 0.215. The van der Waals surface area contributed by atoms with Gasteiger partial charge in [-0.25, -0.2) is 0 Å². The molecule has 0 aromatic heterocycles. The van der Waals surface area contributed by atoms with Crippen LogP contribution in [0.3, 0.4) is 0 Å². The fourth-order valence-corrected chi connectivity index (χ4v) is 1.92. The van der Waals surface area contributed by atoms with E-state index in [2.05, 4.69) is 0 Å². The molecule has 1 N–H and O–H groups in total. The van der Waals surface area contributed by atoms with Crippen LogP contribution in [0.15, 0.2) is 24.3 Å². The van der Waals surface area contributed by atoms with Crippen LogP contribution in [0.25, 0.3) is 0 Å². The molecule has 0 amide bonds. The molecular formula is C15H23NO3. The predicted molar refractivity (Wildman–Crippen MR) is 75.4 cm³/mol. The molecule has 0 bridgehead atoms. The number of carboxylic acids is 1. The minimum Gasteiger partial charge on any atom is -0.494 e. The maximum Gasteiger partial charge on any atom is 0.323 e. The molecule has 0 heterocycles. The van der Waals surface area contributed by atoms with E-state index in [4.69, 9.17) is 4.74 Å². The molecule has 0 radical (unpaired) electrons. The van der Waals surface area contributed by atoms with Crippen molar-refractivity contribution in [3.63, 3.8) is 0 Å². The summed E-state index contributed by atoms with van der Waals surface area (Å²) < 4.78 is 5.39. The molecule has 0 unspecified atom stereocenters. The summed E-state index contributed by atoms with van der Waals surface area (Å²) in [4.78, 5) is 13.2. The van der Waals surface area contributed by atoms with Gasteiger partial charge in [0, 0.05) is 6.54 Å². The van der Waals surface area contributed by atoms with Crippen LogP contribution >= 0.6 is 0 Å². The standard InChI is InChI=1S/C15H23NO3/c1-5-16(15(3,4)14(17)18)11-12-7-9-13(10-8-12)19-6-2/h7-10H,5-6,11H2,1-4H3,(H,17,18). The second kappa shape index (κ2) is 6.57. The summed E-state index contributed by atoms with van der Waals surface area (Å²) in [5.74, 6) is 0.0343. The van der Waals surface area contributed by atoms with Gasteiger partial charge in [-0.3, -0.25) is 9.69 Å². The molecule has 4 heteroatoms. The minimum absolute atomic E-state index is 0.613. The van der Waals surface area contributed by atoms with Crippen LogP contribution in [0.4, 0.5) is 0 Å². The van der Waals surface area contributed by atoms with Crippen molar-refractivity contribution >= 4 is 5.97 Å². The highest BCUT2D eigenvalue weighted by Crippen LogP contribution is 2.19. The Labute approximate surface area is 115 Å². The van der Waals surface area contributed by atoms with Crippen LogP contribution in [-0.4, -0.2) is 34.7 Å². The van der Waals surface area contributed by atoms with Gasteiger partial charge in [0.1, 0.15) is 11.3 Å².